The van der Waals surface area contributed by atoms with Gasteiger partial charge in [0.2, 0.25) is 5.88 Å². The first-order valence-corrected chi connectivity index (χ1v) is 5.73. The van der Waals surface area contributed by atoms with Gasteiger partial charge in [-0.1, -0.05) is 0 Å². The molecule has 2 N–H and O–H groups in total. The fraction of sp³-hybridized carbons (Fsp3) is 0.200. The number of amides is 1. The Balaban J connectivity index is 2.31. The lowest BCUT2D eigenvalue weighted by atomic mass is 10.5. The molecule has 17 heavy (non-hydrogen) atoms. The Morgan fingerprint density at radius 1 is 1.47 bits per heavy atom. The second kappa shape index (κ2) is 4.88. The van der Waals surface area contributed by atoms with E-state index < -0.39 is 5.91 Å². The molecule has 7 heteroatoms. The van der Waals surface area contributed by atoms with Crippen molar-refractivity contribution in [2.75, 3.05) is 6.61 Å². The Labute approximate surface area is 101 Å². The van der Waals surface area contributed by atoms with Crippen molar-refractivity contribution in [3.8, 4) is 16.6 Å². The number of carbonyl (C=O) groups excluding carboxylic acids is 1. The Morgan fingerprint density at radius 3 is 2.94 bits per heavy atom. The summed E-state index contributed by atoms with van der Waals surface area (Å²) in [5, 5.41) is 0.591. The normalized spacial score (nSPS) is 10.2. The molecule has 2 heterocycles. The van der Waals surface area contributed by atoms with E-state index in [1.807, 2.05) is 6.92 Å². The monoisotopic (exact) mass is 250 g/mol. The highest BCUT2D eigenvalue weighted by Gasteiger charge is 2.10. The molecule has 0 aromatic carbocycles. The smallest absolute Gasteiger partial charge is 0.260 e. The fourth-order valence-electron chi connectivity index (χ4n) is 1.17. The third-order valence-electron chi connectivity index (χ3n) is 1.87. The number of aromatic nitrogens is 3. The number of nitrogens with zero attached hydrogens (tertiary/aromatic N) is 3. The first kappa shape index (κ1) is 11.5. The van der Waals surface area contributed by atoms with Crippen molar-refractivity contribution >= 4 is 17.2 Å². The molecule has 0 bridgehead atoms. The minimum absolute atomic E-state index is 0.392. The Kier molecular flexibility index (Phi) is 3.29. The molecule has 2 aromatic rings. The van der Waals surface area contributed by atoms with Gasteiger partial charge < -0.3 is 10.5 Å². The van der Waals surface area contributed by atoms with Gasteiger partial charge in [0, 0.05) is 0 Å². The molecular formula is C10H10N4O2S. The standard InChI is InChI=1S/C10H10N4O2S/c1-2-16-8-5-12-3-6(14-8)10-13-4-7(17-10)9(11)15/h3-5H,2H2,1H3,(H2,11,15). The van der Waals surface area contributed by atoms with Crippen molar-refractivity contribution in [2.24, 2.45) is 5.73 Å². The van der Waals surface area contributed by atoms with Crippen molar-refractivity contribution in [2.45, 2.75) is 6.92 Å². The quantitative estimate of drug-likeness (QED) is 0.877. The van der Waals surface area contributed by atoms with Gasteiger partial charge in [-0.05, 0) is 6.92 Å². The molecular weight excluding hydrogens is 240 g/mol. The molecule has 0 aliphatic heterocycles. The highest BCUT2D eigenvalue weighted by molar-refractivity contribution is 7.16. The minimum atomic E-state index is -0.498. The van der Waals surface area contributed by atoms with E-state index in [0.29, 0.717) is 28.1 Å². The first-order valence-electron chi connectivity index (χ1n) is 4.91. The summed E-state index contributed by atoms with van der Waals surface area (Å²) in [5.41, 5.74) is 5.72. The van der Waals surface area contributed by atoms with Crippen LogP contribution in [0.2, 0.25) is 0 Å². The number of carbonyl (C=O) groups is 1. The summed E-state index contributed by atoms with van der Waals surface area (Å²) in [6.45, 7) is 2.38. The number of ether oxygens (including phenoxy) is 1. The molecule has 0 aliphatic carbocycles. The Hall–Kier alpha value is -2.02. The zero-order valence-corrected chi connectivity index (χ0v) is 9.90. The molecule has 0 radical (unpaired) electrons. The largest absolute Gasteiger partial charge is 0.477 e. The summed E-state index contributed by atoms with van der Waals surface area (Å²) in [5.74, 6) is -0.0662. The highest BCUT2D eigenvalue weighted by Crippen LogP contribution is 2.23. The van der Waals surface area contributed by atoms with Crippen LogP contribution in [0.15, 0.2) is 18.6 Å². The van der Waals surface area contributed by atoms with E-state index in [1.165, 1.54) is 23.7 Å². The summed E-state index contributed by atoms with van der Waals surface area (Å²) < 4.78 is 5.23. The summed E-state index contributed by atoms with van der Waals surface area (Å²) in [4.78, 5) is 23.6. The molecule has 0 aliphatic rings. The van der Waals surface area contributed by atoms with Crippen molar-refractivity contribution in [3.63, 3.8) is 0 Å². The van der Waals surface area contributed by atoms with Crippen LogP contribution in [0.25, 0.3) is 10.7 Å². The van der Waals surface area contributed by atoms with E-state index in [9.17, 15) is 4.79 Å². The average molecular weight is 250 g/mol. The third kappa shape index (κ3) is 2.56. The molecule has 0 atom stereocenters. The number of thiazole rings is 1. The number of nitrogens with two attached hydrogens (primary N) is 1. The van der Waals surface area contributed by atoms with Crippen LogP contribution in [0.1, 0.15) is 16.6 Å². The zero-order valence-electron chi connectivity index (χ0n) is 9.08. The SMILES string of the molecule is CCOc1cncc(-c2ncc(C(N)=O)s2)n1. The van der Waals surface area contributed by atoms with E-state index in [0.717, 1.165) is 0 Å². The lowest BCUT2D eigenvalue weighted by Crippen LogP contribution is -2.08. The highest BCUT2D eigenvalue weighted by atomic mass is 32.1. The number of rotatable bonds is 4. The summed E-state index contributed by atoms with van der Waals surface area (Å²) in [7, 11) is 0. The second-order valence-corrected chi connectivity index (χ2v) is 4.10. The zero-order chi connectivity index (χ0) is 12.3. The topological polar surface area (TPSA) is 91.0 Å². The lowest BCUT2D eigenvalue weighted by Gasteiger charge is -2.01. The van der Waals surface area contributed by atoms with Gasteiger partial charge in [0.25, 0.3) is 5.91 Å². The van der Waals surface area contributed by atoms with Gasteiger partial charge in [0.1, 0.15) is 15.6 Å². The average Bonchev–Trinajstić information content (AvgIpc) is 2.79. The minimum Gasteiger partial charge on any atom is -0.477 e. The van der Waals surface area contributed by atoms with E-state index in [1.54, 1.807) is 6.20 Å². The Bertz CT molecular complexity index is 541. The van der Waals surface area contributed by atoms with Gasteiger partial charge in [-0.2, -0.15) is 0 Å². The lowest BCUT2D eigenvalue weighted by molar-refractivity contribution is 0.100. The summed E-state index contributed by atoms with van der Waals surface area (Å²) >= 11 is 1.18. The van der Waals surface area contributed by atoms with Crippen LogP contribution in [0, 0.1) is 0 Å². The maximum Gasteiger partial charge on any atom is 0.260 e. The molecule has 0 saturated carbocycles. The van der Waals surface area contributed by atoms with E-state index >= 15 is 0 Å². The molecule has 2 aromatic heterocycles. The van der Waals surface area contributed by atoms with Gasteiger partial charge in [-0.3, -0.25) is 9.78 Å². The molecule has 0 unspecified atom stereocenters. The molecule has 0 spiro atoms. The van der Waals surface area contributed by atoms with Crippen LogP contribution in [-0.4, -0.2) is 27.5 Å². The van der Waals surface area contributed by atoms with E-state index in [2.05, 4.69) is 15.0 Å². The first-order chi connectivity index (χ1) is 8.20. The van der Waals surface area contributed by atoms with Crippen molar-refractivity contribution < 1.29 is 9.53 Å². The molecule has 6 nitrogen and oxygen atoms in total. The van der Waals surface area contributed by atoms with E-state index in [4.69, 9.17) is 10.5 Å². The van der Waals surface area contributed by atoms with Crippen LogP contribution in [0.3, 0.4) is 0 Å². The van der Waals surface area contributed by atoms with Crippen LogP contribution < -0.4 is 10.5 Å². The predicted molar refractivity (Wildman–Crippen MR) is 62.8 cm³/mol. The van der Waals surface area contributed by atoms with Gasteiger partial charge >= 0.3 is 0 Å². The van der Waals surface area contributed by atoms with Crippen molar-refractivity contribution in [1.29, 1.82) is 0 Å². The van der Waals surface area contributed by atoms with Crippen molar-refractivity contribution in [1.82, 2.24) is 15.0 Å². The molecule has 0 fully saturated rings. The van der Waals surface area contributed by atoms with Crippen LogP contribution >= 0.6 is 11.3 Å². The second-order valence-electron chi connectivity index (χ2n) is 3.07. The molecule has 88 valence electrons. The summed E-state index contributed by atoms with van der Waals surface area (Å²) in [6, 6.07) is 0. The fourth-order valence-corrected chi connectivity index (χ4v) is 1.90. The van der Waals surface area contributed by atoms with Crippen LogP contribution in [0.4, 0.5) is 0 Å². The van der Waals surface area contributed by atoms with Gasteiger partial charge in [-0.15, -0.1) is 11.3 Å². The molecule has 2 rings (SSSR count). The van der Waals surface area contributed by atoms with Gasteiger partial charge in [-0.25, -0.2) is 9.97 Å². The number of hydrogen-bond acceptors (Lipinski definition) is 6. The van der Waals surface area contributed by atoms with Crippen molar-refractivity contribution in [3.05, 3.63) is 23.5 Å². The number of primary amides is 1. The van der Waals surface area contributed by atoms with Crippen LogP contribution in [0.5, 0.6) is 5.88 Å². The predicted octanol–water partition coefficient (Wildman–Crippen LogP) is 1.10. The molecule has 0 saturated heterocycles. The molecule has 1 amide bonds. The summed E-state index contributed by atoms with van der Waals surface area (Å²) in [6.07, 6.45) is 4.51. The van der Waals surface area contributed by atoms with Gasteiger partial charge in [0.05, 0.1) is 25.2 Å². The van der Waals surface area contributed by atoms with E-state index in [-0.39, 0.29) is 0 Å². The van der Waals surface area contributed by atoms with Crippen LogP contribution in [-0.2, 0) is 0 Å². The third-order valence-corrected chi connectivity index (χ3v) is 2.91. The number of hydrogen-bond donors (Lipinski definition) is 1. The Morgan fingerprint density at radius 2 is 2.29 bits per heavy atom. The maximum atomic E-state index is 10.9. The maximum absolute atomic E-state index is 10.9. The van der Waals surface area contributed by atoms with Gasteiger partial charge in [0.15, 0.2) is 0 Å².